The summed E-state index contributed by atoms with van der Waals surface area (Å²) in [5, 5.41) is 1.93. The van der Waals surface area contributed by atoms with Crippen molar-refractivity contribution in [2.24, 2.45) is 11.1 Å². The Morgan fingerprint density at radius 1 is 1.27 bits per heavy atom. The van der Waals surface area contributed by atoms with E-state index in [9.17, 15) is 9.59 Å². The van der Waals surface area contributed by atoms with Gasteiger partial charge in [0.1, 0.15) is 0 Å². The van der Waals surface area contributed by atoms with E-state index < -0.39 is 0 Å². The molecule has 2 N–H and O–H groups in total. The van der Waals surface area contributed by atoms with Gasteiger partial charge in [-0.2, -0.15) is 0 Å². The molecule has 2 amide bonds. The lowest BCUT2D eigenvalue weighted by molar-refractivity contribution is -0.132. The topological polar surface area (TPSA) is 66.6 Å². The van der Waals surface area contributed by atoms with Crippen LogP contribution in [0.2, 0.25) is 0 Å². The number of hydrogen-bond donors (Lipinski definition) is 1. The van der Waals surface area contributed by atoms with Crippen molar-refractivity contribution in [1.82, 2.24) is 9.80 Å². The first kappa shape index (κ1) is 15.5. The van der Waals surface area contributed by atoms with E-state index in [1.807, 2.05) is 29.5 Å². The van der Waals surface area contributed by atoms with Gasteiger partial charge in [-0.15, -0.1) is 11.3 Å². The minimum Gasteiger partial charge on any atom is -0.368 e. The lowest BCUT2D eigenvalue weighted by Gasteiger charge is -2.51. The number of likely N-dealkylation sites (tertiary alicyclic amines) is 2. The minimum absolute atomic E-state index is 0.0505. The molecule has 1 unspecified atom stereocenters. The first-order valence-corrected chi connectivity index (χ1v) is 8.74. The monoisotopic (exact) mass is 321 g/mol. The number of hydrogen-bond acceptors (Lipinski definition) is 4. The average molecular weight is 321 g/mol. The number of likely N-dealkylation sites (N-methyl/N-ethyl adjacent to an activating group) is 1. The molecule has 6 heteroatoms. The normalized spacial score (nSPS) is 25.3. The smallest absolute Gasteiger partial charge is 0.263 e. The highest BCUT2D eigenvalue weighted by Crippen LogP contribution is 2.44. The van der Waals surface area contributed by atoms with Crippen LogP contribution in [0, 0.1) is 5.41 Å². The maximum atomic E-state index is 12.4. The van der Waals surface area contributed by atoms with E-state index in [4.69, 9.17) is 5.73 Å². The molecule has 120 valence electrons. The highest BCUT2D eigenvalue weighted by Gasteiger charge is 2.48. The van der Waals surface area contributed by atoms with E-state index >= 15 is 0 Å². The van der Waals surface area contributed by atoms with Crippen molar-refractivity contribution in [3.63, 3.8) is 0 Å². The number of piperidine rings is 2. The van der Waals surface area contributed by atoms with Crippen molar-refractivity contribution >= 4 is 23.2 Å². The predicted octanol–water partition coefficient (Wildman–Crippen LogP) is 1.55. The van der Waals surface area contributed by atoms with Crippen molar-refractivity contribution < 1.29 is 9.59 Å². The van der Waals surface area contributed by atoms with Crippen LogP contribution >= 0.6 is 11.3 Å². The Bertz CT molecular complexity index is 550. The summed E-state index contributed by atoms with van der Waals surface area (Å²) in [7, 11) is 1.99. The fourth-order valence-electron chi connectivity index (χ4n) is 4.17. The van der Waals surface area contributed by atoms with Gasteiger partial charge in [-0.1, -0.05) is 6.07 Å². The third kappa shape index (κ3) is 2.65. The van der Waals surface area contributed by atoms with Crippen molar-refractivity contribution in [3.05, 3.63) is 22.4 Å². The Kier molecular flexibility index (Phi) is 4.23. The molecule has 2 aliphatic heterocycles. The highest BCUT2D eigenvalue weighted by atomic mass is 32.1. The van der Waals surface area contributed by atoms with Gasteiger partial charge in [0.2, 0.25) is 5.91 Å². The Balaban J connectivity index is 1.72. The van der Waals surface area contributed by atoms with Gasteiger partial charge in [0.15, 0.2) is 0 Å². The fraction of sp³-hybridized carbons (Fsp3) is 0.625. The molecule has 2 fully saturated rings. The quantitative estimate of drug-likeness (QED) is 0.899. The van der Waals surface area contributed by atoms with Crippen LogP contribution in [0.1, 0.15) is 35.4 Å². The van der Waals surface area contributed by atoms with Gasteiger partial charge in [0.25, 0.3) is 5.91 Å². The second-order valence-electron chi connectivity index (χ2n) is 6.52. The lowest BCUT2D eigenvalue weighted by atomic mass is 9.66. The third-order valence-corrected chi connectivity index (χ3v) is 6.11. The van der Waals surface area contributed by atoms with Gasteiger partial charge in [-0.05, 0) is 56.1 Å². The van der Waals surface area contributed by atoms with E-state index in [0.717, 1.165) is 37.1 Å². The summed E-state index contributed by atoms with van der Waals surface area (Å²) in [5.74, 6) is -0.107. The predicted molar refractivity (Wildman–Crippen MR) is 86.7 cm³/mol. The summed E-state index contributed by atoms with van der Waals surface area (Å²) in [4.78, 5) is 29.2. The molecule has 0 bridgehead atoms. The van der Waals surface area contributed by atoms with Gasteiger partial charge >= 0.3 is 0 Å². The third-order valence-electron chi connectivity index (χ3n) is 5.25. The second kappa shape index (κ2) is 6.01. The van der Waals surface area contributed by atoms with Gasteiger partial charge in [-0.3, -0.25) is 14.5 Å². The Hall–Kier alpha value is -1.40. The van der Waals surface area contributed by atoms with E-state index in [-0.39, 0.29) is 23.3 Å². The number of nitrogens with zero attached hydrogens (tertiary/aromatic N) is 2. The van der Waals surface area contributed by atoms with Crippen LogP contribution in [0.4, 0.5) is 0 Å². The van der Waals surface area contributed by atoms with Crippen LogP contribution in [-0.2, 0) is 4.79 Å². The highest BCUT2D eigenvalue weighted by molar-refractivity contribution is 7.12. The molecule has 5 nitrogen and oxygen atoms in total. The average Bonchev–Trinajstić information content (AvgIpc) is 3.01. The molecular formula is C16H23N3O2S. The summed E-state index contributed by atoms with van der Waals surface area (Å²) >= 11 is 1.48. The largest absolute Gasteiger partial charge is 0.368 e. The zero-order valence-electron chi connectivity index (χ0n) is 13.0. The van der Waals surface area contributed by atoms with Crippen molar-refractivity contribution in [1.29, 1.82) is 0 Å². The number of primary amides is 1. The van der Waals surface area contributed by atoms with Crippen molar-refractivity contribution in [2.75, 3.05) is 26.7 Å². The number of rotatable bonds is 2. The molecule has 1 atom stereocenters. The minimum atomic E-state index is -0.222. The van der Waals surface area contributed by atoms with E-state index in [1.54, 1.807) is 0 Å². The van der Waals surface area contributed by atoms with Gasteiger partial charge in [-0.25, -0.2) is 0 Å². The maximum absolute atomic E-state index is 12.4. The number of carbonyl (C=O) groups excluding carboxylic acids is 2. The number of thiophene rings is 1. The summed E-state index contributed by atoms with van der Waals surface area (Å²) in [6.45, 7) is 2.36. The standard InChI is InChI=1S/C16H23N3O2S/c1-18-8-3-5-16(13(18)14(17)20)6-9-19(10-7-16)15(21)12-4-2-11-22-12/h2,4,11,13H,3,5-10H2,1H3,(H2,17,20). The maximum Gasteiger partial charge on any atom is 0.263 e. The first-order valence-electron chi connectivity index (χ1n) is 7.86. The molecule has 0 aliphatic carbocycles. The summed E-state index contributed by atoms with van der Waals surface area (Å²) in [5.41, 5.74) is 5.62. The fourth-order valence-corrected chi connectivity index (χ4v) is 4.86. The molecule has 1 aromatic heterocycles. The van der Waals surface area contributed by atoms with Crippen LogP contribution in [-0.4, -0.2) is 54.3 Å². The Morgan fingerprint density at radius 3 is 2.59 bits per heavy atom. The molecule has 0 aromatic carbocycles. The van der Waals surface area contributed by atoms with Crippen molar-refractivity contribution in [2.45, 2.75) is 31.7 Å². The van der Waals surface area contributed by atoms with E-state index in [0.29, 0.717) is 13.1 Å². The van der Waals surface area contributed by atoms with E-state index in [1.165, 1.54) is 11.3 Å². The molecule has 2 aliphatic rings. The molecule has 0 saturated carbocycles. The molecule has 3 heterocycles. The second-order valence-corrected chi connectivity index (χ2v) is 7.47. The van der Waals surface area contributed by atoms with E-state index in [2.05, 4.69) is 4.90 Å². The van der Waals surface area contributed by atoms with Crippen LogP contribution in [0.25, 0.3) is 0 Å². The van der Waals surface area contributed by atoms with Gasteiger partial charge < -0.3 is 10.6 Å². The molecule has 1 spiro atoms. The molecular weight excluding hydrogens is 298 g/mol. The van der Waals surface area contributed by atoms with Crippen LogP contribution in [0.5, 0.6) is 0 Å². The Labute approximate surface area is 135 Å². The summed E-state index contributed by atoms with van der Waals surface area (Å²) in [6, 6.07) is 3.58. The number of carbonyl (C=O) groups is 2. The number of amides is 2. The van der Waals surface area contributed by atoms with Crippen LogP contribution in [0.15, 0.2) is 17.5 Å². The zero-order valence-corrected chi connectivity index (χ0v) is 13.8. The molecule has 2 saturated heterocycles. The Morgan fingerprint density at radius 2 is 2.00 bits per heavy atom. The van der Waals surface area contributed by atoms with Crippen molar-refractivity contribution in [3.8, 4) is 0 Å². The SMILES string of the molecule is CN1CCCC2(CCN(C(=O)c3cccs3)CC2)C1C(N)=O. The first-order chi connectivity index (χ1) is 10.5. The summed E-state index contributed by atoms with van der Waals surface area (Å²) < 4.78 is 0. The van der Waals surface area contributed by atoms with Gasteiger partial charge in [0.05, 0.1) is 10.9 Å². The number of nitrogens with two attached hydrogens (primary N) is 1. The van der Waals surface area contributed by atoms with Crippen LogP contribution in [0.3, 0.4) is 0 Å². The molecule has 0 radical (unpaired) electrons. The lowest BCUT2D eigenvalue weighted by Crippen LogP contribution is -2.60. The summed E-state index contributed by atoms with van der Waals surface area (Å²) in [6.07, 6.45) is 3.86. The zero-order chi connectivity index (χ0) is 15.7. The van der Waals surface area contributed by atoms with Gasteiger partial charge in [0, 0.05) is 13.1 Å². The van der Waals surface area contributed by atoms with Crippen LogP contribution < -0.4 is 5.73 Å². The molecule has 1 aromatic rings. The molecule has 22 heavy (non-hydrogen) atoms. The molecule has 3 rings (SSSR count).